The standard InChI is InChI=1S/C20H21N5O/c1-4-7-18-14(3)23-19-17(10-6-11-25(18)19)22-12-15-13(2)8-5-9-16(15)24-20(21)26/h1,5-6,8-11,22H,7,12H2,2-3H3,(H3,21,24,26). The fraction of sp³-hybridized carbons (Fsp3) is 0.200. The number of primary amides is 1. The first-order valence-corrected chi connectivity index (χ1v) is 8.30. The van der Waals surface area contributed by atoms with Crippen LogP contribution in [0.15, 0.2) is 36.5 Å². The minimum atomic E-state index is -0.582. The van der Waals surface area contributed by atoms with Gasteiger partial charge in [-0.25, -0.2) is 9.78 Å². The molecule has 0 spiro atoms. The fourth-order valence-corrected chi connectivity index (χ4v) is 3.05. The van der Waals surface area contributed by atoms with Crippen LogP contribution < -0.4 is 16.4 Å². The number of pyridine rings is 1. The van der Waals surface area contributed by atoms with Gasteiger partial charge in [-0.2, -0.15) is 0 Å². The number of carbonyl (C=O) groups excluding carboxylic acids is 1. The lowest BCUT2D eigenvalue weighted by molar-refractivity contribution is 0.259. The molecule has 6 nitrogen and oxygen atoms in total. The summed E-state index contributed by atoms with van der Waals surface area (Å²) in [6.45, 7) is 4.48. The number of carbonyl (C=O) groups is 1. The second-order valence-electron chi connectivity index (χ2n) is 6.08. The minimum Gasteiger partial charge on any atom is -0.378 e. The Morgan fingerprint density at radius 3 is 2.77 bits per heavy atom. The highest BCUT2D eigenvalue weighted by atomic mass is 16.2. The third-order valence-electron chi connectivity index (χ3n) is 4.34. The lowest BCUT2D eigenvalue weighted by Gasteiger charge is -2.14. The molecule has 0 bridgehead atoms. The lowest BCUT2D eigenvalue weighted by Crippen LogP contribution is -2.21. The van der Waals surface area contributed by atoms with E-state index in [-0.39, 0.29) is 0 Å². The molecule has 0 aliphatic carbocycles. The van der Waals surface area contributed by atoms with Gasteiger partial charge in [0, 0.05) is 18.4 Å². The molecule has 0 saturated heterocycles. The van der Waals surface area contributed by atoms with Crippen LogP contribution in [0.25, 0.3) is 5.65 Å². The van der Waals surface area contributed by atoms with E-state index < -0.39 is 6.03 Å². The number of fused-ring (bicyclic) bond motifs is 1. The number of terminal acetylenes is 1. The molecule has 0 unspecified atom stereocenters. The molecular weight excluding hydrogens is 326 g/mol. The maximum atomic E-state index is 11.2. The van der Waals surface area contributed by atoms with Gasteiger partial charge >= 0.3 is 6.03 Å². The van der Waals surface area contributed by atoms with Gasteiger partial charge in [0.05, 0.1) is 23.5 Å². The van der Waals surface area contributed by atoms with Gasteiger partial charge in [-0.05, 0) is 43.2 Å². The van der Waals surface area contributed by atoms with Crippen LogP contribution in [0.4, 0.5) is 16.2 Å². The highest BCUT2D eigenvalue weighted by molar-refractivity contribution is 5.89. The molecule has 0 aliphatic rings. The smallest absolute Gasteiger partial charge is 0.316 e. The van der Waals surface area contributed by atoms with Crippen molar-refractivity contribution in [1.82, 2.24) is 9.38 Å². The predicted octanol–water partition coefficient (Wildman–Crippen LogP) is 3.23. The molecule has 26 heavy (non-hydrogen) atoms. The molecule has 3 rings (SSSR count). The van der Waals surface area contributed by atoms with Crippen molar-refractivity contribution in [3.05, 3.63) is 59.0 Å². The van der Waals surface area contributed by atoms with E-state index in [1.165, 1.54) is 0 Å². The van der Waals surface area contributed by atoms with Crippen LogP contribution in [0.1, 0.15) is 22.5 Å². The topological polar surface area (TPSA) is 84.4 Å². The van der Waals surface area contributed by atoms with Crippen LogP contribution in [-0.2, 0) is 13.0 Å². The van der Waals surface area contributed by atoms with Crippen molar-refractivity contribution < 1.29 is 4.79 Å². The van der Waals surface area contributed by atoms with E-state index in [1.807, 2.05) is 54.8 Å². The first kappa shape index (κ1) is 17.4. The van der Waals surface area contributed by atoms with Crippen LogP contribution in [0, 0.1) is 26.2 Å². The van der Waals surface area contributed by atoms with E-state index >= 15 is 0 Å². The molecular formula is C20H21N5O. The Morgan fingerprint density at radius 1 is 1.27 bits per heavy atom. The number of urea groups is 1. The van der Waals surface area contributed by atoms with E-state index in [9.17, 15) is 4.79 Å². The molecule has 132 valence electrons. The van der Waals surface area contributed by atoms with Crippen LogP contribution in [0.2, 0.25) is 0 Å². The number of amides is 2. The number of nitrogens with one attached hydrogen (secondary N) is 2. The third kappa shape index (κ3) is 3.33. The second kappa shape index (κ2) is 7.19. The number of aromatic nitrogens is 2. The maximum Gasteiger partial charge on any atom is 0.316 e. The Labute approximate surface area is 152 Å². The molecule has 2 aromatic heterocycles. The minimum absolute atomic E-state index is 0.526. The number of anilines is 2. The molecule has 0 aliphatic heterocycles. The number of aryl methyl sites for hydroxylation is 2. The van der Waals surface area contributed by atoms with E-state index in [4.69, 9.17) is 12.2 Å². The van der Waals surface area contributed by atoms with Crippen molar-refractivity contribution in [2.75, 3.05) is 10.6 Å². The summed E-state index contributed by atoms with van der Waals surface area (Å²) in [5.74, 6) is 2.68. The number of hydrogen-bond acceptors (Lipinski definition) is 3. The molecule has 2 amide bonds. The van der Waals surface area contributed by atoms with Gasteiger partial charge in [0.15, 0.2) is 5.65 Å². The molecule has 0 radical (unpaired) electrons. The molecule has 2 heterocycles. The van der Waals surface area contributed by atoms with Crippen molar-refractivity contribution in [3.8, 4) is 12.3 Å². The molecule has 0 atom stereocenters. The Kier molecular flexibility index (Phi) is 4.81. The van der Waals surface area contributed by atoms with Crippen LogP contribution in [-0.4, -0.2) is 15.4 Å². The summed E-state index contributed by atoms with van der Waals surface area (Å²) in [5.41, 5.74) is 11.7. The van der Waals surface area contributed by atoms with Crippen molar-refractivity contribution in [2.45, 2.75) is 26.8 Å². The Hall–Kier alpha value is -3.46. The maximum absolute atomic E-state index is 11.2. The average molecular weight is 347 g/mol. The molecule has 4 N–H and O–H groups in total. The average Bonchev–Trinajstić information content (AvgIpc) is 2.91. The predicted molar refractivity (Wildman–Crippen MR) is 104 cm³/mol. The number of hydrogen-bond donors (Lipinski definition) is 3. The lowest BCUT2D eigenvalue weighted by atomic mass is 10.1. The highest BCUT2D eigenvalue weighted by Crippen LogP contribution is 2.24. The molecule has 1 aromatic carbocycles. The summed E-state index contributed by atoms with van der Waals surface area (Å²) in [7, 11) is 0. The van der Waals surface area contributed by atoms with Gasteiger partial charge in [0.1, 0.15) is 0 Å². The largest absolute Gasteiger partial charge is 0.378 e. The summed E-state index contributed by atoms with van der Waals surface area (Å²) < 4.78 is 2.01. The summed E-state index contributed by atoms with van der Waals surface area (Å²) in [5, 5.41) is 6.09. The van der Waals surface area contributed by atoms with Gasteiger partial charge in [0.25, 0.3) is 0 Å². The number of rotatable bonds is 5. The SMILES string of the molecule is C#CCc1c(C)nc2c(NCc3c(C)cccc3NC(N)=O)cccn12. The molecule has 0 saturated carbocycles. The zero-order chi connectivity index (χ0) is 18.7. The number of benzene rings is 1. The zero-order valence-corrected chi connectivity index (χ0v) is 14.8. The highest BCUT2D eigenvalue weighted by Gasteiger charge is 2.12. The van der Waals surface area contributed by atoms with Crippen LogP contribution in [0.5, 0.6) is 0 Å². The zero-order valence-electron chi connectivity index (χ0n) is 14.8. The van der Waals surface area contributed by atoms with Crippen LogP contribution in [0.3, 0.4) is 0 Å². The summed E-state index contributed by atoms with van der Waals surface area (Å²) in [6.07, 6.45) is 7.96. The van der Waals surface area contributed by atoms with E-state index in [0.717, 1.165) is 33.8 Å². The Morgan fingerprint density at radius 2 is 2.04 bits per heavy atom. The summed E-state index contributed by atoms with van der Waals surface area (Å²) in [4.78, 5) is 15.9. The van der Waals surface area contributed by atoms with Crippen molar-refractivity contribution in [3.63, 3.8) is 0 Å². The Bertz CT molecular complexity index is 1010. The monoisotopic (exact) mass is 347 g/mol. The summed E-state index contributed by atoms with van der Waals surface area (Å²) in [6, 6.07) is 9.06. The number of imidazole rings is 1. The molecule has 3 aromatic rings. The first-order valence-electron chi connectivity index (χ1n) is 8.30. The number of nitrogens with zero attached hydrogens (tertiary/aromatic N) is 2. The molecule has 0 fully saturated rings. The van der Waals surface area contributed by atoms with E-state index in [1.54, 1.807) is 0 Å². The van der Waals surface area contributed by atoms with E-state index in [0.29, 0.717) is 18.7 Å². The van der Waals surface area contributed by atoms with Crippen molar-refractivity contribution in [2.24, 2.45) is 5.73 Å². The van der Waals surface area contributed by atoms with Gasteiger partial charge in [-0.15, -0.1) is 12.3 Å². The van der Waals surface area contributed by atoms with Gasteiger partial charge in [-0.1, -0.05) is 12.1 Å². The Balaban J connectivity index is 1.93. The normalized spacial score (nSPS) is 10.5. The fourth-order valence-electron chi connectivity index (χ4n) is 3.05. The van der Waals surface area contributed by atoms with Gasteiger partial charge in [-0.3, -0.25) is 0 Å². The first-order chi connectivity index (χ1) is 12.5. The van der Waals surface area contributed by atoms with Crippen molar-refractivity contribution in [1.29, 1.82) is 0 Å². The van der Waals surface area contributed by atoms with Gasteiger partial charge < -0.3 is 20.8 Å². The van der Waals surface area contributed by atoms with E-state index in [2.05, 4.69) is 21.5 Å². The quantitative estimate of drug-likeness (QED) is 0.620. The second-order valence-corrected chi connectivity index (χ2v) is 6.08. The number of nitrogens with two attached hydrogens (primary N) is 1. The van der Waals surface area contributed by atoms with Crippen LogP contribution >= 0.6 is 0 Å². The summed E-state index contributed by atoms with van der Waals surface area (Å²) >= 11 is 0. The van der Waals surface area contributed by atoms with Gasteiger partial charge in [0.2, 0.25) is 0 Å². The third-order valence-corrected chi connectivity index (χ3v) is 4.34. The van der Waals surface area contributed by atoms with Crippen molar-refractivity contribution >= 4 is 23.1 Å². The molecule has 6 heteroatoms.